The van der Waals surface area contributed by atoms with Gasteiger partial charge in [0.2, 0.25) is 0 Å². The van der Waals surface area contributed by atoms with Gasteiger partial charge >= 0.3 is 0 Å². The number of benzene rings is 1. The molecule has 1 atom stereocenters. The highest BCUT2D eigenvalue weighted by atomic mass is 16.6. The average molecular weight is 266 g/mol. The van der Waals surface area contributed by atoms with E-state index in [4.69, 9.17) is 9.47 Å². The molecule has 0 saturated carbocycles. The quantitative estimate of drug-likeness (QED) is 0.618. The molecule has 0 amide bonds. The van der Waals surface area contributed by atoms with E-state index in [0.29, 0.717) is 30.5 Å². The predicted octanol–water partition coefficient (Wildman–Crippen LogP) is 1.99. The van der Waals surface area contributed by atoms with Crippen LogP contribution in [0.5, 0.6) is 11.5 Å². The zero-order valence-electron chi connectivity index (χ0n) is 11.6. The van der Waals surface area contributed by atoms with E-state index >= 15 is 0 Å². The molecular weight excluding hydrogens is 248 g/mol. The van der Waals surface area contributed by atoms with E-state index in [1.165, 1.54) is 13.2 Å². The van der Waals surface area contributed by atoms with Gasteiger partial charge in [-0.05, 0) is 20.4 Å². The largest absolute Gasteiger partial charge is 0.493 e. The lowest BCUT2D eigenvalue weighted by molar-refractivity contribution is -0.386. The zero-order chi connectivity index (χ0) is 14.2. The van der Waals surface area contributed by atoms with Crippen molar-refractivity contribution in [1.82, 2.24) is 4.90 Å². The van der Waals surface area contributed by atoms with Crippen LogP contribution in [0.3, 0.4) is 0 Å². The molecule has 1 aliphatic heterocycles. The maximum absolute atomic E-state index is 11.2. The maximum Gasteiger partial charge on any atom is 0.278 e. The second kappa shape index (κ2) is 5.05. The zero-order valence-corrected chi connectivity index (χ0v) is 11.6. The summed E-state index contributed by atoms with van der Waals surface area (Å²) in [4.78, 5) is 13.0. The summed E-state index contributed by atoms with van der Waals surface area (Å²) in [5, 5.41) is 11.2. The molecule has 2 rings (SSSR count). The fourth-order valence-corrected chi connectivity index (χ4v) is 2.50. The highest BCUT2D eigenvalue weighted by Crippen LogP contribution is 2.42. The lowest BCUT2D eigenvalue weighted by Gasteiger charge is -2.32. The second-order valence-electron chi connectivity index (χ2n) is 4.81. The normalized spacial score (nSPS) is 18.8. The molecule has 0 radical (unpaired) electrons. The Hall–Kier alpha value is -1.82. The van der Waals surface area contributed by atoms with E-state index in [1.807, 2.05) is 7.05 Å². The monoisotopic (exact) mass is 266 g/mol. The molecular formula is C13H18N2O4. The number of ether oxygens (including phenoxy) is 2. The Balaban J connectivity index is 2.68. The van der Waals surface area contributed by atoms with Crippen LogP contribution in [0.25, 0.3) is 0 Å². The molecule has 0 saturated heterocycles. The molecule has 0 fully saturated rings. The molecule has 104 valence electrons. The third-order valence-corrected chi connectivity index (χ3v) is 3.72. The Labute approximate surface area is 112 Å². The van der Waals surface area contributed by atoms with Crippen molar-refractivity contribution in [2.75, 3.05) is 21.3 Å². The van der Waals surface area contributed by atoms with Gasteiger partial charge < -0.3 is 9.47 Å². The van der Waals surface area contributed by atoms with Crippen molar-refractivity contribution < 1.29 is 14.4 Å². The van der Waals surface area contributed by atoms with Crippen LogP contribution in [-0.2, 0) is 13.0 Å². The van der Waals surface area contributed by atoms with Gasteiger partial charge in [-0.3, -0.25) is 15.0 Å². The number of fused-ring (bicyclic) bond motifs is 1. The van der Waals surface area contributed by atoms with Crippen LogP contribution < -0.4 is 9.47 Å². The van der Waals surface area contributed by atoms with E-state index in [9.17, 15) is 10.1 Å². The van der Waals surface area contributed by atoms with Crippen LogP contribution >= 0.6 is 0 Å². The molecule has 1 aromatic carbocycles. The first-order valence-corrected chi connectivity index (χ1v) is 6.11. The van der Waals surface area contributed by atoms with E-state index in [-0.39, 0.29) is 10.6 Å². The van der Waals surface area contributed by atoms with Crippen molar-refractivity contribution in [3.05, 3.63) is 27.3 Å². The number of nitro benzene ring substituents is 1. The molecule has 6 heteroatoms. The summed E-state index contributed by atoms with van der Waals surface area (Å²) in [6.07, 6.45) is 0.715. The molecule has 1 aliphatic rings. The first kappa shape index (κ1) is 13.6. The van der Waals surface area contributed by atoms with Gasteiger partial charge in [0.15, 0.2) is 11.5 Å². The van der Waals surface area contributed by atoms with Crippen LogP contribution in [0.2, 0.25) is 0 Å². The molecule has 1 unspecified atom stereocenters. The molecule has 0 N–H and O–H groups in total. The second-order valence-corrected chi connectivity index (χ2v) is 4.81. The van der Waals surface area contributed by atoms with Gasteiger partial charge in [0.05, 0.1) is 30.8 Å². The molecule has 0 spiro atoms. The Morgan fingerprint density at radius 1 is 1.37 bits per heavy atom. The van der Waals surface area contributed by atoms with E-state index in [0.717, 1.165) is 11.1 Å². The Morgan fingerprint density at radius 3 is 2.58 bits per heavy atom. The number of hydrogen-bond donors (Lipinski definition) is 0. The maximum atomic E-state index is 11.2. The summed E-state index contributed by atoms with van der Waals surface area (Å²) in [6, 6.07) is 1.76. The van der Waals surface area contributed by atoms with E-state index in [1.54, 1.807) is 7.11 Å². The number of rotatable bonds is 3. The minimum atomic E-state index is -0.357. The van der Waals surface area contributed by atoms with Crippen LogP contribution in [0.1, 0.15) is 18.1 Å². The van der Waals surface area contributed by atoms with Gasteiger partial charge in [0.25, 0.3) is 5.69 Å². The molecule has 0 aliphatic carbocycles. The van der Waals surface area contributed by atoms with E-state index in [2.05, 4.69) is 11.8 Å². The highest BCUT2D eigenvalue weighted by Gasteiger charge is 2.31. The summed E-state index contributed by atoms with van der Waals surface area (Å²) < 4.78 is 10.6. The molecule has 1 aromatic rings. The average Bonchev–Trinajstić information content (AvgIpc) is 2.38. The number of nitrogens with zero attached hydrogens (tertiary/aromatic N) is 2. The number of likely N-dealkylation sites (N-methyl/N-ethyl adjacent to an activating group) is 1. The summed E-state index contributed by atoms with van der Waals surface area (Å²) in [5.41, 5.74) is 1.72. The topological polar surface area (TPSA) is 64.8 Å². The van der Waals surface area contributed by atoms with Crippen LogP contribution in [0.15, 0.2) is 6.07 Å². The van der Waals surface area contributed by atoms with Gasteiger partial charge in [-0.1, -0.05) is 0 Å². The van der Waals surface area contributed by atoms with Crippen molar-refractivity contribution in [3.8, 4) is 11.5 Å². The third-order valence-electron chi connectivity index (χ3n) is 3.72. The SMILES string of the molecule is COc1cc([N+](=O)[O-])c2c(c1OC)CC(C)N(C)C2. The lowest BCUT2D eigenvalue weighted by atomic mass is 9.92. The van der Waals surface area contributed by atoms with Crippen molar-refractivity contribution in [2.24, 2.45) is 0 Å². The van der Waals surface area contributed by atoms with E-state index < -0.39 is 0 Å². The van der Waals surface area contributed by atoms with Crippen LogP contribution in [0, 0.1) is 10.1 Å². The van der Waals surface area contributed by atoms with Crippen LogP contribution in [0.4, 0.5) is 5.69 Å². The fourth-order valence-electron chi connectivity index (χ4n) is 2.50. The third kappa shape index (κ3) is 2.23. The molecule has 19 heavy (non-hydrogen) atoms. The van der Waals surface area contributed by atoms with Crippen molar-refractivity contribution >= 4 is 5.69 Å². The minimum absolute atomic E-state index is 0.103. The lowest BCUT2D eigenvalue weighted by Crippen LogP contribution is -2.35. The fraction of sp³-hybridized carbons (Fsp3) is 0.538. The number of methoxy groups -OCH3 is 2. The highest BCUT2D eigenvalue weighted by molar-refractivity contribution is 5.61. The first-order valence-electron chi connectivity index (χ1n) is 6.11. The van der Waals surface area contributed by atoms with Crippen molar-refractivity contribution in [2.45, 2.75) is 25.9 Å². The van der Waals surface area contributed by atoms with Crippen LogP contribution in [-0.4, -0.2) is 37.1 Å². The van der Waals surface area contributed by atoms with Gasteiger partial charge in [0, 0.05) is 18.2 Å². The Morgan fingerprint density at radius 2 is 2.05 bits per heavy atom. The predicted molar refractivity (Wildman–Crippen MR) is 70.8 cm³/mol. The smallest absolute Gasteiger partial charge is 0.278 e. The molecule has 0 bridgehead atoms. The summed E-state index contributed by atoms with van der Waals surface area (Å²) in [7, 11) is 5.02. The Bertz CT molecular complexity index is 516. The molecule has 6 nitrogen and oxygen atoms in total. The van der Waals surface area contributed by atoms with Crippen molar-refractivity contribution in [1.29, 1.82) is 0 Å². The summed E-state index contributed by atoms with van der Waals surface area (Å²) in [5.74, 6) is 1.03. The first-order chi connectivity index (χ1) is 8.99. The number of nitro groups is 1. The summed E-state index contributed by atoms with van der Waals surface area (Å²) >= 11 is 0. The standard InChI is InChI=1S/C13H18N2O4/c1-8-5-9-10(7-14(8)2)11(15(16)17)6-12(18-3)13(9)19-4/h6,8H,5,7H2,1-4H3. The van der Waals surface area contributed by atoms with Gasteiger partial charge in [-0.25, -0.2) is 0 Å². The minimum Gasteiger partial charge on any atom is -0.493 e. The van der Waals surface area contributed by atoms with Gasteiger partial charge in [-0.15, -0.1) is 0 Å². The number of hydrogen-bond acceptors (Lipinski definition) is 5. The van der Waals surface area contributed by atoms with Gasteiger partial charge in [0.1, 0.15) is 0 Å². The molecule has 1 heterocycles. The van der Waals surface area contributed by atoms with Crippen molar-refractivity contribution in [3.63, 3.8) is 0 Å². The van der Waals surface area contributed by atoms with Gasteiger partial charge in [-0.2, -0.15) is 0 Å². The molecule has 0 aromatic heterocycles. The Kier molecular flexibility index (Phi) is 3.61. The summed E-state index contributed by atoms with van der Waals surface area (Å²) in [6.45, 7) is 2.64.